The number of hydrogen-bond donors (Lipinski definition) is 3. The summed E-state index contributed by atoms with van der Waals surface area (Å²) >= 11 is 0. The molecule has 1 rings (SSSR count). The van der Waals surface area contributed by atoms with Crippen LogP contribution < -0.4 is 5.32 Å². The van der Waals surface area contributed by atoms with Gasteiger partial charge >= 0.3 is 0 Å². The molecule has 0 saturated carbocycles. The van der Waals surface area contributed by atoms with Gasteiger partial charge in [-0.3, -0.25) is 0 Å². The molecular weight excluding hydrogens is 182 g/mol. The van der Waals surface area contributed by atoms with E-state index in [-0.39, 0.29) is 0 Å². The molecule has 0 bridgehead atoms. The largest absolute Gasteiger partial charge is 0.359 e. The van der Waals surface area contributed by atoms with Crippen LogP contribution in [-0.2, 0) is 10.7 Å². The Labute approximate surface area is 83.1 Å². The highest BCUT2D eigenvalue weighted by atomic mass is 17.1. The second-order valence-corrected chi connectivity index (χ2v) is 3.16. The van der Waals surface area contributed by atoms with Crippen molar-refractivity contribution in [3.63, 3.8) is 0 Å². The molecule has 4 nitrogen and oxygen atoms in total. The molecule has 0 radical (unpaired) electrons. The Kier molecular flexibility index (Phi) is 3.60. The lowest BCUT2D eigenvalue weighted by atomic mass is 9.99. The van der Waals surface area contributed by atoms with Gasteiger partial charge in [-0.2, -0.15) is 4.89 Å². The third kappa shape index (κ3) is 1.93. The fraction of sp³-hybridized carbons (Fsp3) is 0.400. The molecule has 0 heterocycles. The molecule has 0 amide bonds. The summed E-state index contributed by atoms with van der Waals surface area (Å²) in [6.45, 7) is 1.71. The number of aliphatic hydroxyl groups is 1. The summed E-state index contributed by atoms with van der Waals surface area (Å²) in [5.41, 5.74) is 0.504. The summed E-state index contributed by atoms with van der Waals surface area (Å²) < 4.78 is 0. The Morgan fingerprint density at radius 1 is 1.36 bits per heavy atom. The van der Waals surface area contributed by atoms with Crippen LogP contribution in [-0.4, -0.2) is 23.5 Å². The van der Waals surface area contributed by atoms with Gasteiger partial charge in [0.25, 0.3) is 0 Å². The van der Waals surface area contributed by atoms with Crippen molar-refractivity contribution < 1.29 is 15.3 Å². The van der Waals surface area contributed by atoms with Crippen LogP contribution in [0.3, 0.4) is 0 Å². The van der Waals surface area contributed by atoms with Crippen LogP contribution >= 0.6 is 0 Å². The summed E-state index contributed by atoms with van der Waals surface area (Å²) in [6, 6.07) is 8.30. The van der Waals surface area contributed by atoms with Gasteiger partial charge in [0.2, 0.25) is 5.79 Å². The molecule has 1 aromatic carbocycles. The smallest absolute Gasteiger partial charge is 0.240 e. The van der Waals surface area contributed by atoms with Gasteiger partial charge in [-0.15, -0.1) is 0 Å². The Balaban J connectivity index is 3.01. The van der Waals surface area contributed by atoms with E-state index in [1.807, 2.05) is 6.07 Å². The monoisotopic (exact) mass is 197 g/mol. The maximum absolute atomic E-state index is 10.0. The SMILES string of the molecule is CNC(C)C(O)(OO)c1ccccc1. The number of likely N-dealkylation sites (N-methyl/N-ethyl adjacent to an activating group) is 1. The summed E-state index contributed by atoms with van der Waals surface area (Å²) in [5, 5.41) is 21.6. The van der Waals surface area contributed by atoms with Crippen molar-refractivity contribution in [1.29, 1.82) is 0 Å². The van der Waals surface area contributed by atoms with Gasteiger partial charge in [-0.25, -0.2) is 5.26 Å². The quantitative estimate of drug-likeness (QED) is 0.382. The molecule has 0 aliphatic rings. The van der Waals surface area contributed by atoms with Crippen LogP contribution in [0.25, 0.3) is 0 Å². The van der Waals surface area contributed by atoms with E-state index in [0.717, 1.165) is 0 Å². The zero-order chi connectivity index (χ0) is 10.6. The number of hydrogen-bond acceptors (Lipinski definition) is 4. The van der Waals surface area contributed by atoms with Crippen molar-refractivity contribution in [1.82, 2.24) is 5.32 Å². The standard InChI is InChI=1S/C10H15NO3/c1-8(11-2)10(12,14-13)9-6-4-3-5-7-9/h3-8,11-13H,1-2H3. The fourth-order valence-electron chi connectivity index (χ4n) is 1.25. The minimum atomic E-state index is -1.71. The molecule has 0 aromatic heterocycles. The van der Waals surface area contributed by atoms with Crippen molar-refractivity contribution in [2.75, 3.05) is 7.05 Å². The van der Waals surface area contributed by atoms with Gasteiger partial charge in [-0.05, 0) is 14.0 Å². The van der Waals surface area contributed by atoms with Crippen LogP contribution in [0.4, 0.5) is 0 Å². The molecule has 14 heavy (non-hydrogen) atoms. The number of benzene rings is 1. The lowest BCUT2D eigenvalue weighted by Crippen LogP contribution is -2.46. The summed E-state index contributed by atoms with van der Waals surface area (Å²) in [4.78, 5) is 4.17. The Morgan fingerprint density at radius 3 is 2.36 bits per heavy atom. The summed E-state index contributed by atoms with van der Waals surface area (Å²) in [7, 11) is 1.68. The molecular formula is C10H15NO3. The molecule has 0 spiro atoms. The van der Waals surface area contributed by atoms with E-state index in [2.05, 4.69) is 10.2 Å². The van der Waals surface area contributed by atoms with Crippen molar-refractivity contribution in [3.05, 3.63) is 35.9 Å². The molecule has 3 N–H and O–H groups in total. The zero-order valence-electron chi connectivity index (χ0n) is 8.27. The van der Waals surface area contributed by atoms with E-state index in [0.29, 0.717) is 5.56 Å². The van der Waals surface area contributed by atoms with E-state index >= 15 is 0 Å². The van der Waals surface area contributed by atoms with E-state index in [9.17, 15) is 5.11 Å². The Bertz CT molecular complexity index is 278. The highest BCUT2D eigenvalue weighted by Crippen LogP contribution is 2.25. The van der Waals surface area contributed by atoms with Crippen LogP contribution in [0.15, 0.2) is 30.3 Å². The average Bonchev–Trinajstić information content (AvgIpc) is 2.28. The van der Waals surface area contributed by atoms with Gasteiger partial charge in [0.1, 0.15) is 0 Å². The molecule has 4 heteroatoms. The lowest BCUT2D eigenvalue weighted by Gasteiger charge is -2.30. The zero-order valence-corrected chi connectivity index (χ0v) is 8.27. The van der Waals surface area contributed by atoms with Crippen molar-refractivity contribution in [2.45, 2.75) is 18.8 Å². The van der Waals surface area contributed by atoms with Crippen LogP contribution in [0, 0.1) is 0 Å². The van der Waals surface area contributed by atoms with E-state index in [1.54, 1.807) is 38.2 Å². The minimum Gasteiger partial charge on any atom is -0.359 e. The number of nitrogens with one attached hydrogen (secondary N) is 1. The second-order valence-electron chi connectivity index (χ2n) is 3.16. The highest BCUT2D eigenvalue weighted by molar-refractivity contribution is 5.21. The third-order valence-corrected chi connectivity index (χ3v) is 2.35. The fourth-order valence-corrected chi connectivity index (χ4v) is 1.25. The first kappa shape index (κ1) is 11.1. The first-order valence-electron chi connectivity index (χ1n) is 4.43. The predicted molar refractivity (Wildman–Crippen MR) is 52.6 cm³/mol. The van der Waals surface area contributed by atoms with Crippen molar-refractivity contribution >= 4 is 0 Å². The molecule has 0 saturated heterocycles. The van der Waals surface area contributed by atoms with E-state index in [1.165, 1.54) is 0 Å². The molecule has 0 aliphatic heterocycles. The lowest BCUT2D eigenvalue weighted by molar-refractivity contribution is -0.408. The van der Waals surface area contributed by atoms with Crippen molar-refractivity contribution in [3.8, 4) is 0 Å². The normalized spacial score (nSPS) is 17.4. The highest BCUT2D eigenvalue weighted by Gasteiger charge is 2.36. The summed E-state index contributed by atoms with van der Waals surface area (Å²) in [6.07, 6.45) is 0. The topological polar surface area (TPSA) is 61.7 Å². The van der Waals surface area contributed by atoms with Crippen LogP contribution in [0.5, 0.6) is 0 Å². The van der Waals surface area contributed by atoms with E-state index < -0.39 is 11.8 Å². The van der Waals surface area contributed by atoms with E-state index in [4.69, 9.17) is 5.26 Å². The third-order valence-electron chi connectivity index (χ3n) is 2.35. The van der Waals surface area contributed by atoms with Gasteiger partial charge < -0.3 is 10.4 Å². The van der Waals surface area contributed by atoms with Gasteiger partial charge in [0.15, 0.2) is 0 Å². The summed E-state index contributed by atoms with van der Waals surface area (Å²) in [5.74, 6) is -1.71. The molecule has 2 unspecified atom stereocenters. The molecule has 1 aromatic rings. The molecule has 0 aliphatic carbocycles. The Hall–Kier alpha value is -0.940. The molecule has 2 atom stereocenters. The van der Waals surface area contributed by atoms with Gasteiger partial charge in [-0.1, -0.05) is 30.3 Å². The minimum absolute atomic E-state index is 0.421. The molecule has 78 valence electrons. The second kappa shape index (κ2) is 4.52. The van der Waals surface area contributed by atoms with Gasteiger partial charge in [0, 0.05) is 5.56 Å². The maximum Gasteiger partial charge on any atom is 0.240 e. The maximum atomic E-state index is 10.0. The van der Waals surface area contributed by atoms with Gasteiger partial charge in [0.05, 0.1) is 6.04 Å². The Morgan fingerprint density at radius 2 is 1.93 bits per heavy atom. The first-order chi connectivity index (χ1) is 6.65. The van der Waals surface area contributed by atoms with Crippen LogP contribution in [0.1, 0.15) is 12.5 Å². The van der Waals surface area contributed by atoms with Crippen molar-refractivity contribution in [2.24, 2.45) is 0 Å². The number of rotatable bonds is 4. The average molecular weight is 197 g/mol. The first-order valence-corrected chi connectivity index (χ1v) is 4.43. The molecule has 0 fully saturated rings. The predicted octanol–water partition coefficient (Wildman–Crippen LogP) is 0.929. The van der Waals surface area contributed by atoms with Crippen LogP contribution in [0.2, 0.25) is 0 Å².